The number of likely N-dealkylation sites (tertiary alicyclic amines) is 1. The van der Waals surface area contributed by atoms with E-state index >= 15 is 0 Å². The molecule has 0 saturated carbocycles. The lowest BCUT2D eigenvalue weighted by atomic mass is 10.0. The van der Waals surface area contributed by atoms with Crippen LogP contribution in [0, 0.1) is 13.8 Å². The van der Waals surface area contributed by atoms with Crippen molar-refractivity contribution in [2.75, 3.05) is 13.1 Å². The van der Waals surface area contributed by atoms with Gasteiger partial charge in [-0.3, -0.25) is 4.79 Å². The molecular weight excluding hydrogens is 238 g/mol. The van der Waals surface area contributed by atoms with Gasteiger partial charge in [0.15, 0.2) is 6.10 Å². The second-order valence-corrected chi connectivity index (χ2v) is 5.49. The number of amides is 1. The van der Waals surface area contributed by atoms with Crippen LogP contribution in [-0.4, -0.2) is 29.0 Å². The van der Waals surface area contributed by atoms with Crippen molar-refractivity contribution >= 4 is 5.91 Å². The van der Waals surface area contributed by atoms with Crippen LogP contribution < -0.4 is 0 Å². The number of nitrogens with zero attached hydrogens (tertiary/aromatic N) is 1. The number of hydrogen-bond acceptors (Lipinski definition) is 2. The first-order valence-corrected chi connectivity index (χ1v) is 7.13. The van der Waals surface area contributed by atoms with Gasteiger partial charge < -0.3 is 10.0 Å². The number of hydrogen-bond donors (Lipinski definition) is 1. The predicted molar refractivity (Wildman–Crippen MR) is 75.9 cm³/mol. The van der Waals surface area contributed by atoms with Gasteiger partial charge in [0.05, 0.1) is 0 Å². The van der Waals surface area contributed by atoms with E-state index < -0.39 is 6.10 Å². The van der Waals surface area contributed by atoms with Crippen LogP contribution in [-0.2, 0) is 4.79 Å². The van der Waals surface area contributed by atoms with E-state index in [0.717, 1.165) is 31.5 Å². The van der Waals surface area contributed by atoms with E-state index in [2.05, 4.69) is 0 Å². The highest BCUT2D eigenvalue weighted by molar-refractivity contribution is 5.82. The van der Waals surface area contributed by atoms with Crippen LogP contribution in [0.15, 0.2) is 18.2 Å². The lowest BCUT2D eigenvalue weighted by Gasteiger charge is -2.23. The van der Waals surface area contributed by atoms with Gasteiger partial charge in [0, 0.05) is 13.1 Å². The van der Waals surface area contributed by atoms with Crippen LogP contribution in [0.25, 0.3) is 0 Å². The number of benzene rings is 1. The largest absolute Gasteiger partial charge is 0.378 e. The molecule has 1 saturated heterocycles. The lowest BCUT2D eigenvalue weighted by Crippen LogP contribution is -2.35. The zero-order valence-corrected chi connectivity index (χ0v) is 11.9. The van der Waals surface area contributed by atoms with Crippen molar-refractivity contribution in [1.29, 1.82) is 0 Å². The molecule has 1 N–H and O–H groups in total. The van der Waals surface area contributed by atoms with E-state index in [1.165, 1.54) is 18.4 Å². The smallest absolute Gasteiger partial charge is 0.256 e. The zero-order valence-electron chi connectivity index (χ0n) is 11.9. The summed E-state index contributed by atoms with van der Waals surface area (Å²) in [6.45, 7) is 5.59. The Hall–Kier alpha value is -1.35. The second-order valence-electron chi connectivity index (χ2n) is 5.49. The molecule has 1 fully saturated rings. The fourth-order valence-corrected chi connectivity index (χ4v) is 2.54. The highest BCUT2D eigenvalue weighted by Gasteiger charge is 2.24. The van der Waals surface area contributed by atoms with Gasteiger partial charge in [-0.2, -0.15) is 0 Å². The van der Waals surface area contributed by atoms with E-state index in [4.69, 9.17) is 0 Å². The molecule has 1 aromatic rings. The van der Waals surface area contributed by atoms with E-state index in [1.807, 2.05) is 36.9 Å². The third kappa shape index (κ3) is 3.35. The Morgan fingerprint density at radius 3 is 2.32 bits per heavy atom. The molecule has 1 aromatic carbocycles. The molecule has 0 radical (unpaired) electrons. The second kappa shape index (κ2) is 6.20. The summed E-state index contributed by atoms with van der Waals surface area (Å²) in [6.07, 6.45) is 3.45. The molecule has 1 heterocycles. The normalized spacial score (nSPS) is 17.9. The van der Waals surface area contributed by atoms with Crippen LogP contribution in [0.4, 0.5) is 0 Å². The highest BCUT2D eigenvalue weighted by Crippen LogP contribution is 2.21. The third-order valence-electron chi connectivity index (χ3n) is 4.00. The Morgan fingerprint density at radius 1 is 1.11 bits per heavy atom. The van der Waals surface area contributed by atoms with Crippen LogP contribution in [0.2, 0.25) is 0 Å². The first-order valence-electron chi connectivity index (χ1n) is 7.13. The molecule has 3 nitrogen and oxygen atoms in total. The molecule has 1 unspecified atom stereocenters. The summed E-state index contributed by atoms with van der Waals surface area (Å²) in [7, 11) is 0. The number of aliphatic hydroxyl groups is 1. The van der Waals surface area contributed by atoms with Crippen molar-refractivity contribution in [2.24, 2.45) is 0 Å². The molecule has 0 aromatic heterocycles. The van der Waals surface area contributed by atoms with Gasteiger partial charge in [0.1, 0.15) is 0 Å². The first kappa shape index (κ1) is 14.1. The van der Waals surface area contributed by atoms with Gasteiger partial charge in [-0.05, 0) is 43.4 Å². The van der Waals surface area contributed by atoms with E-state index in [9.17, 15) is 9.90 Å². The Labute approximate surface area is 115 Å². The summed E-state index contributed by atoms with van der Waals surface area (Å²) in [4.78, 5) is 14.1. The average molecular weight is 261 g/mol. The van der Waals surface area contributed by atoms with Gasteiger partial charge in [0.2, 0.25) is 0 Å². The zero-order chi connectivity index (χ0) is 13.8. The predicted octanol–water partition coefficient (Wildman–Crippen LogP) is 2.74. The van der Waals surface area contributed by atoms with Gasteiger partial charge >= 0.3 is 0 Å². The molecule has 0 bridgehead atoms. The van der Waals surface area contributed by atoms with E-state index in [1.54, 1.807) is 0 Å². The molecule has 0 spiro atoms. The van der Waals surface area contributed by atoms with Crippen LogP contribution in [0.1, 0.15) is 48.5 Å². The number of aliphatic hydroxyl groups excluding tert-OH is 1. The number of carbonyl (C=O) groups is 1. The summed E-state index contributed by atoms with van der Waals surface area (Å²) in [5.74, 6) is -0.148. The number of carbonyl (C=O) groups excluding carboxylic acids is 1. The van der Waals surface area contributed by atoms with Gasteiger partial charge in [-0.1, -0.05) is 31.0 Å². The maximum Gasteiger partial charge on any atom is 0.256 e. The van der Waals surface area contributed by atoms with Crippen LogP contribution >= 0.6 is 0 Å². The van der Waals surface area contributed by atoms with Crippen molar-refractivity contribution in [3.63, 3.8) is 0 Å². The summed E-state index contributed by atoms with van der Waals surface area (Å²) in [5, 5.41) is 10.3. The van der Waals surface area contributed by atoms with Crippen LogP contribution in [0.3, 0.4) is 0 Å². The van der Waals surface area contributed by atoms with Crippen molar-refractivity contribution in [2.45, 2.75) is 45.6 Å². The SMILES string of the molecule is Cc1ccc(C(O)C(=O)N2CCCCCC2)cc1C. The molecule has 1 atom stereocenters. The monoisotopic (exact) mass is 261 g/mol. The molecular formula is C16H23NO2. The minimum Gasteiger partial charge on any atom is -0.378 e. The Bertz CT molecular complexity index is 448. The fraction of sp³-hybridized carbons (Fsp3) is 0.562. The maximum absolute atomic E-state index is 12.3. The summed E-state index contributed by atoms with van der Waals surface area (Å²) >= 11 is 0. The third-order valence-corrected chi connectivity index (χ3v) is 4.00. The van der Waals surface area contributed by atoms with Gasteiger partial charge in [-0.15, -0.1) is 0 Å². The van der Waals surface area contributed by atoms with Crippen molar-refractivity contribution in [1.82, 2.24) is 4.90 Å². The van der Waals surface area contributed by atoms with Crippen molar-refractivity contribution < 1.29 is 9.90 Å². The van der Waals surface area contributed by atoms with E-state index in [0.29, 0.717) is 5.56 Å². The fourth-order valence-electron chi connectivity index (χ4n) is 2.54. The molecule has 3 heteroatoms. The molecule has 1 amide bonds. The Balaban J connectivity index is 2.10. The molecule has 0 aliphatic carbocycles. The van der Waals surface area contributed by atoms with Gasteiger partial charge in [0.25, 0.3) is 5.91 Å². The Kier molecular flexibility index (Phi) is 4.59. The molecule has 19 heavy (non-hydrogen) atoms. The molecule has 1 aliphatic rings. The quantitative estimate of drug-likeness (QED) is 0.889. The van der Waals surface area contributed by atoms with Crippen molar-refractivity contribution in [3.05, 3.63) is 34.9 Å². The van der Waals surface area contributed by atoms with Crippen molar-refractivity contribution in [3.8, 4) is 0 Å². The first-order chi connectivity index (χ1) is 9.09. The van der Waals surface area contributed by atoms with Gasteiger partial charge in [-0.25, -0.2) is 0 Å². The molecule has 1 aliphatic heterocycles. The molecule has 2 rings (SSSR count). The number of aryl methyl sites for hydroxylation is 2. The van der Waals surface area contributed by atoms with Crippen LogP contribution in [0.5, 0.6) is 0 Å². The number of rotatable bonds is 2. The standard InChI is InChI=1S/C16H23NO2/c1-12-7-8-14(11-13(12)2)15(18)16(19)17-9-5-3-4-6-10-17/h7-8,11,15,18H,3-6,9-10H2,1-2H3. The lowest BCUT2D eigenvalue weighted by molar-refractivity contribution is -0.140. The summed E-state index contributed by atoms with van der Waals surface area (Å²) < 4.78 is 0. The maximum atomic E-state index is 12.3. The minimum absolute atomic E-state index is 0.148. The minimum atomic E-state index is -1.02. The topological polar surface area (TPSA) is 40.5 Å². The summed E-state index contributed by atoms with van der Waals surface area (Å²) in [6, 6.07) is 5.72. The highest BCUT2D eigenvalue weighted by atomic mass is 16.3. The Morgan fingerprint density at radius 2 is 1.74 bits per heavy atom. The molecule has 104 valence electrons. The van der Waals surface area contributed by atoms with E-state index in [-0.39, 0.29) is 5.91 Å². The summed E-state index contributed by atoms with van der Waals surface area (Å²) in [5.41, 5.74) is 3.00. The average Bonchev–Trinajstić information content (AvgIpc) is 2.69.